The van der Waals surface area contributed by atoms with Gasteiger partial charge in [-0.3, -0.25) is 4.79 Å². The maximum absolute atomic E-state index is 12.2. The van der Waals surface area contributed by atoms with Crippen LogP contribution >= 0.6 is 0 Å². The molecular formula is C15H15N3O4. The van der Waals surface area contributed by atoms with Gasteiger partial charge in [0.1, 0.15) is 12.4 Å². The molecule has 1 unspecified atom stereocenters. The van der Waals surface area contributed by atoms with Gasteiger partial charge in [0.2, 0.25) is 0 Å². The molecule has 2 aromatic rings. The summed E-state index contributed by atoms with van der Waals surface area (Å²) in [6.45, 7) is 1.32. The fourth-order valence-corrected chi connectivity index (χ4v) is 2.40. The van der Waals surface area contributed by atoms with Crippen LogP contribution in [0.5, 0.6) is 0 Å². The number of hydrogen-bond acceptors (Lipinski definition) is 4. The number of imidazole rings is 1. The number of aromatic nitrogens is 2. The third kappa shape index (κ3) is 2.84. The summed E-state index contributed by atoms with van der Waals surface area (Å²) in [6.07, 6.45) is 3.41. The van der Waals surface area contributed by atoms with Crippen molar-refractivity contribution in [2.45, 2.75) is 19.3 Å². The van der Waals surface area contributed by atoms with E-state index >= 15 is 0 Å². The molecule has 1 amide bonds. The third-order valence-electron chi connectivity index (χ3n) is 3.54. The second kappa shape index (κ2) is 5.98. The van der Waals surface area contributed by atoms with E-state index in [0.29, 0.717) is 19.7 Å². The number of aromatic carboxylic acids is 1. The van der Waals surface area contributed by atoms with Crippen molar-refractivity contribution < 1.29 is 19.4 Å². The molecule has 3 rings (SSSR count). The van der Waals surface area contributed by atoms with Crippen LogP contribution in [-0.4, -0.2) is 39.2 Å². The SMILES string of the molecule is O=C(O)c1ccccc1C(=O)NCC1Cn2ccnc2CO1. The lowest BCUT2D eigenvalue weighted by molar-refractivity contribution is 0.00326. The van der Waals surface area contributed by atoms with Gasteiger partial charge < -0.3 is 19.7 Å². The van der Waals surface area contributed by atoms with E-state index in [1.807, 2.05) is 10.8 Å². The predicted molar refractivity (Wildman–Crippen MR) is 76.5 cm³/mol. The number of carboxylic acids is 1. The number of ether oxygens (including phenoxy) is 1. The van der Waals surface area contributed by atoms with E-state index in [-0.39, 0.29) is 17.2 Å². The van der Waals surface area contributed by atoms with Gasteiger partial charge in [-0.25, -0.2) is 9.78 Å². The van der Waals surface area contributed by atoms with Gasteiger partial charge in [-0.2, -0.15) is 0 Å². The van der Waals surface area contributed by atoms with Gasteiger partial charge in [-0.15, -0.1) is 0 Å². The minimum Gasteiger partial charge on any atom is -0.478 e. The van der Waals surface area contributed by atoms with Gasteiger partial charge in [0.25, 0.3) is 5.91 Å². The van der Waals surface area contributed by atoms with Crippen molar-refractivity contribution in [2.24, 2.45) is 0 Å². The molecule has 2 heterocycles. The van der Waals surface area contributed by atoms with Crippen LogP contribution in [-0.2, 0) is 17.9 Å². The Balaban J connectivity index is 1.63. The highest BCUT2D eigenvalue weighted by Crippen LogP contribution is 2.12. The molecular weight excluding hydrogens is 286 g/mol. The van der Waals surface area contributed by atoms with Crippen molar-refractivity contribution in [1.29, 1.82) is 0 Å². The highest BCUT2D eigenvalue weighted by molar-refractivity contribution is 6.04. The number of amides is 1. The van der Waals surface area contributed by atoms with Crippen molar-refractivity contribution in [3.63, 3.8) is 0 Å². The lowest BCUT2D eigenvalue weighted by Gasteiger charge is -2.24. The Bertz CT molecular complexity index is 710. The smallest absolute Gasteiger partial charge is 0.336 e. The summed E-state index contributed by atoms with van der Waals surface area (Å²) in [5.74, 6) is -0.681. The lowest BCUT2D eigenvalue weighted by atomic mass is 10.1. The second-order valence-electron chi connectivity index (χ2n) is 4.99. The highest BCUT2D eigenvalue weighted by atomic mass is 16.5. The molecule has 1 atom stereocenters. The summed E-state index contributed by atoms with van der Waals surface area (Å²) in [4.78, 5) is 27.4. The Morgan fingerprint density at radius 3 is 2.91 bits per heavy atom. The Labute approximate surface area is 126 Å². The molecule has 1 aromatic carbocycles. The number of benzene rings is 1. The molecule has 0 saturated heterocycles. The van der Waals surface area contributed by atoms with Gasteiger partial charge >= 0.3 is 5.97 Å². The van der Waals surface area contributed by atoms with E-state index in [1.54, 1.807) is 18.3 Å². The third-order valence-corrected chi connectivity index (χ3v) is 3.54. The summed E-state index contributed by atoms with van der Waals surface area (Å²) < 4.78 is 7.59. The van der Waals surface area contributed by atoms with Crippen LogP contribution in [0.3, 0.4) is 0 Å². The van der Waals surface area contributed by atoms with E-state index in [9.17, 15) is 9.59 Å². The van der Waals surface area contributed by atoms with Crippen molar-refractivity contribution in [2.75, 3.05) is 6.54 Å². The molecule has 0 spiro atoms. The van der Waals surface area contributed by atoms with Crippen LogP contribution in [0.1, 0.15) is 26.5 Å². The summed E-state index contributed by atoms with van der Waals surface area (Å²) in [5.41, 5.74) is 0.135. The van der Waals surface area contributed by atoms with Crippen molar-refractivity contribution in [3.05, 3.63) is 53.6 Å². The first kappa shape index (κ1) is 14.3. The predicted octanol–water partition coefficient (Wildman–Crippen LogP) is 0.910. The van der Waals surface area contributed by atoms with Gasteiger partial charge in [-0.05, 0) is 12.1 Å². The molecule has 7 nitrogen and oxygen atoms in total. The molecule has 7 heteroatoms. The Kier molecular flexibility index (Phi) is 3.88. The van der Waals surface area contributed by atoms with Crippen molar-refractivity contribution in [3.8, 4) is 0 Å². The summed E-state index contributed by atoms with van der Waals surface area (Å²) >= 11 is 0. The molecule has 0 bridgehead atoms. The molecule has 0 saturated carbocycles. The van der Waals surface area contributed by atoms with E-state index in [1.165, 1.54) is 12.1 Å². The standard InChI is InChI=1S/C15H15N3O4/c19-14(11-3-1-2-4-12(11)15(20)21)17-7-10-8-18-6-5-16-13(18)9-22-10/h1-6,10H,7-9H2,(H,17,19)(H,20,21). The molecule has 2 N–H and O–H groups in total. The topological polar surface area (TPSA) is 93.4 Å². The maximum Gasteiger partial charge on any atom is 0.336 e. The summed E-state index contributed by atoms with van der Waals surface area (Å²) in [6, 6.07) is 6.13. The van der Waals surface area contributed by atoms with Gasteiger partial charge in [0.05, 0.1) is 23.8 Å². The van der Waals surface area contributed by atoms with Crippen LogP contribution in [0.15, 0.2) is 36.7 Å². The zero-order chi connectivity index (χ0) is 15.5. The molecule has 0 radical (unpaired) electrons. The molecule has 114 valence electrons. The first-order valence-electron chi connectivity index (χ1n) is 6.87. The van der Waals surface area contributed by atoms with Gasteiger partial charge in [0, 0.05) is 18.9 Å². The Morgan fingerprint density at radius 1 is 1.36 bits per heavy atom. The number of carbonyl (C=O) groups is 2. The fourth-order valence-electron chi connectivity index (χ4n) is 2.40. The molecule has 0 fully saturated rings. The monoisotopic (exact) mass is 301 g/mol. The zero-order valence-corrected chi connectivity index (χ0v) is 11.7. The van der Waals surface area contributed by atoms with E-state index in [2.05, 4.69) is 10.3 Å². The van der Waals surface area contributed by atoms with Crippen molar-refractivity contribution in [1.82, 2.24) is 14.9 Å². The fraction of sp³-hybridized carbons (Fsp3) is 0.267. The Morgan fingerprint density at radius 2 is 2.14 bits per heavy atom. The number of carboxylic acid groups (broad SMARTS) is 1. The summed E-state index contributed by atoms with van der Waals surface area (Å²) in [7, 11) is 0. The Hall–Kier alpha value is -2.67. The minimum absolute atomic E-state index is 0.0125. The number of nitrogens with one attached hydrogen (secondary N) is 1. The number of hydrogen-bond donors (Lipinski definition) is 2. The van der Waals surface area contributed by atoms with Crippen LogP contribution in [0.2, 0.25) is 0 Å². The molecule has 22 heavy (non-hydrogen) atoms. The van der Waals surface area contributed by atoms with Crippen LogP contribution in [0.25, 0.3) is 0 Å². The highest BCUT2D eigenvalue weighted by Gasteiger charge is 2.21. The maximum atomic E-state index is 12.2. The first-order valence-corrected chi connectivity index (χ1v) is 6.87. The number of carbonyl (C=O) groups excluding carboxylic acids is 1. The van der Waals surface area contributed by atoms with E-state index < -0.39 is 11.9 Å². The van der Waals surface area contributed by atoms with E-state index in [0.717, 1.165) is 5.82 Å². The van der Waals surface area contributed by atoms with Crippen LogP contribution < -0.4 is 5.32 Å². The van der Waals surface area contributed by atoms with E-state index in [4.69, 9.17) is 9.84 Å². The minimum atomic E-state index is -1.12. The second-order valence-corrected chi connectivity index (χ2v) is 4.99. The average Bonchev–Trinajstić information content (AvgIpc) is 3.00. The van der Waals surface area contributed by atoms with Gasteiger partial charge in [0.15, 0.2) is 0 Å². The normalized spacial score (nSPS) is 16.8. The molecule has 1 aliphatic rings. The van der Waals surface area contributed by atoms with Crippen molar-refractivity contribution >= 4 is 11.9 Å². The number of nitrogens with zero attached hydrogens (tertiary/aromatic N) is 2. The average molecular weight is 301 g/mol. The van der Waals surface area contributed by atoms with Crippen LogP contribution in [0.4, 0.5) is 0 Å². The van der Waals surface area contributed by atoms with Gasteiger partial charge in [-0.1, -0.05) is 12.1 Å². The number of rotatable bonds is 4. The summed E-state index contributed by atoms with van der Waals surface area (Å²) in [5, 5.41) is 11.8. The molecule has 0 aliphatic carbocycles. The number of fused-ring (bicyclic) bond motifs is 1. The zero-order valence-electron chi connectivity index (χ0n) is 11.7. The first-order chi connectivity index (χ1) is 10.6. The largest absolute Gasteiger partial charge is 0.478 e. The molecule has 1 aliphatic heterocycles. The lowest BCUT2D eigenvalue weighted by Crippen LogP contribution is -2.39. The molecule has 1 aromatic heterocycles. The quantitative estimate of drug-likeness (QED) is 0.875. The van der Waals surface area contributed by atoms with Crippen LogP contribution in [0, 0.1) is 0 Å².